The molecule has 0 saturated carbocycles. The van der Waals surface area contributed by atoms with Crippen molar-refractivity contribution >= 4 is 6.09 Å². The van der Waals surface area contributed by atoms with Gasteiger partial charge in [0, 0.05) is 5.41 Å². The van der Waals surface area contributed by atoms with E-state index < -0.39 is 0 Å². The van der Waals surface area contributed by atoms with Crippen LogP contribution in [0.2, 0.25) is 0 Å². The molecule has 1 amide bonds. The molecule has 1 aliphatic rings. The molecule has 1 N–H and O–H groups in total. The second kappa shape index (κ2) is 4.40. The van der Waals surface area contributed by atoms with Crippen molar-refractivity contribution in [2.24, 2.45) is 5.41 Å². The second-order valence-corrected chi connectivity index (χ2v) is 5.24. The summed E-state index contributed by atoms with van der Waals surface area (Å²) in [7, 11) is 0. The van der Waals surface area contributed by atoms with Crippen LogP contribution in [0.1, 0.15) is 37.9 Å². The lowest BCUT2D eigenvalue weighted by atomic mass is 9.80. The van der Waals surface area contributed by atoms with Crippen LogP contribution in [-0.2, 0) is 11.2 Å². The molecule has 0 aromatic heterocycles. The molecule has 1 atom stereocenters. The second-order valence-electron chi connectivity index (χ2n) is 5.24. The zero-order chi connectivity index (χ0) is 12.5. The minimum atomic E-state index is -0.325. The maximum atomic E-state index is 11.3. The van der Waals surface area contributed by atoms with Gasteiger partial charge in [0.25, 0.3) is 0 Å². The molecule has 1 aliphatic heterocycles. The van der Waals surface area contributed by atoms with Crippen molar-refractivity contribution in [3.8, 4) is 0 Å². The third kappa shape index (κ3) is 2.43. The first-order valence-corrected chi connectivity index (χ1v) is 6.05. The van der Waals surface area contributed by atoms with E-state index in [1.54, 1.807) is 0 Å². The number of carbonyl (C=O) groups is 1. The van der Waals surface area contributed by atoms with Crippen molar-refractivity contribution in [2.75, 3.05) is 6.61 Å². The number of alkyl carbamates (subject to hydrolysis) is 1. The Hall–Kier alpha value is -1.51. The van der Waals surface area contributed by atoms with Crippen molar-refractivity contribution in [1.82, 2.24) is 5.32 Å². The fraction of sp³-hybridized carbons (Fsp3) is 0.500. The van der Waals surface area contributed by atoms with Gasteiger partial charge in [0.15, 0.2) is 0 Å². The highest BCUT2D eigenvalue weighted by molar-refractivity contribution is 5.69. The molecule has 3 nitrogen and oxygen atoms in total. The standard InChI is InChI=1S/C14H19NO2/c1-4-10-5-7-11(8-6-10)12-14(2,3)9-17-13(16)15-12/h5-8,12H,4,9H2,1-3H3,(H,15,16)/t12-/m0/s1. The van der Waals surface area contributed by atoms with Crippen LogP contribution in [0.15, 0.2) is 24.3 Å². The van der Waals surface area contributed by atoms with Gasteiger partial charge < -0.3 is 10.1 Å². The molecule has 92 valence electrons. The van der Waals surface area contributed by atoms with Gasteiger partial charge in [-0.15, -0.1) is 0 Å². The van der Waals surface area contributed by atoms with Crippen LogP contribution in [0.4, 0.5) is 4.79 Å². The zero-order valence-electron chi connectivity index (χ0n) is 10.6. The fourth-order valence-electron chi connectivity index (χ4n) is 2.17. The summed E-state index contributed by atoms with van der Waals surface area (Å²) >= 11 is 0. The summed E-state index contributed by atoms with van der Waals surface area (Å²) in [5.41, 5.74) is 2.37. The molecule has 1 fully saturated rings. The smallest absolute Gasteiger partial charge is 0.407 e. The van der Waals surface area contributed by atoms with E-state index in [2.05, 4.69) is 50.4 Å². The first kappa shape index (κ1) is 12.0. The quantitative estimate of drug-likeness (QED) is 0.852. The number of aryl methyl sites for hydroxylation is 1. The van der Waals surface area contributed by atoms with Crippen LogP contribution in [-0.4, -0.2) is 12.7 Å². The van der Waals surface area contributed by atoms with Gasteiger partial charge in [-0.3, -0.25) is 0 Å². The number of hydrogen-bond acceptors (Lipinski definition) is 2. The normalized spacial score (nSPS) is 22.8. The minimum absolute atomic E-state index is 0.0228. The Labute approximate surface area is 102 Å². The summed E-state index contributed by atoms with van der Waals surface area (Å²) < 4.78 is 5.04. The van der Waals surface area contributed by atoms with Gasteiger partial charge in [-0.2, -0.15) is 0 Å². The predicted octanol–water partition coefficient (Wildman–Crippen LogP) is 3.06. The van der Waals surface area contributed by atoms with E-state index in [4.69, 9.17) is 4.74 Å². The van der Waals surface area contributed by atoms with Gasteiger partial charge in [0.2, 0.25) is 0 Å². The van der Waals surface area contributed by atoms with E-state index in [1.807, 2.05) is 0 Å². The average molecular weight is 233 g/mol. The van der Waals surface area contributed by atoms with E-state index in [9.17, 15) is 4.79 Å². The molecule has 1 heterocycles. The Morgan fingerprint density at radius 3 is 2.59 bits per heavy atom. The molecular formula is C14H19NO2. The number of carbonyl (C=O) groups excluding carboxylic acids is 1. The van der Waals surface area contributed by atoms with Crippen molar-refractivity contribution in [2.45, 2.75) is 33.2 Å². The van der Waals surface area contributed by atoms with Gasteiger partial charge in [-0.25, -0.2) is 4.79 Å². The van der Waals surface area contributed by atoms with Crippen LogP contribution in [0.5, 0.6) is 0 Å². The highest BCUT2D eigenvalue weighted by atomic mass is 16.6. The summed E-state index contributed by atoms with van der Waals surface area (Å²) in [5, 5.41) is 2.90. The lowest BCUT2D eigenvalue weighted by Crippen LogP contribution is -2.46. The Morgan fingerprint density at radius 2 is 2.00 bits per heavy atom. The van der Waals surface area contributed by atoms with Crippen LogP contribution in [0.3, 0.4) is 0 Å². The third-order valence-electron chi connectivity index (χ3n) is 3.34. The largest absolute Gasteiger partial charge is 0.449 e. The molecule has 0 bridgehead atoms. The first-order chi connectivity index (χ1) is 8.03. The number of ether oxygens (including phenoxy) is 1. The number of amides is 1. The topological polar surface area (TPSA) is 38.3 Å². The number of rotatable bonds is 2. The zero-order valence-corrected chi connectivity index (χ0v) is 10.6. The molecule has 2 rings (SSSR count). The Balaban J connectivity index is 2.26. The third-order valence-corrected chi connectivity index (χ3v) is 3.34. The number of cyclic esters (lactones) is 1. The van der Waals surface area contributed by atoms with Crippen molar-refractivity contribution in [3.63, 3.8) is 0 Å². The lowest BCUT2D eigenvalue weighted by Gasteiger charge is -2.38. The lowest BCUT2D eigenvalue weighted by molar-refractivity contribution is 0.0387. The minimum Gasteiger partial charge on any atom is -0.449 e. The summed E-state index contributed by atoms with van der Waals surface area (Å²) in [5.74, 6) is 0. The summed E-state index contributed by atoms with van der Waals surface area (Å²) in [6, 6.07) is 8.45. The molecule has 17 heavy (non-hydrogen) atoms. The van der Waals surface area contributed by atoms with E-state index >= 15 is 0 Å². The van der Waals surface area contributed by atoms with Crippen LogP contribution >= 0.6 is 0 Å². The van der Waals surface area contributed by atoms with Crippen molar-refractivity contribution < 1.29 is 9.53 Å². The first-order valence-electron chi connectivity index (χ1n) is 6.05. The van der Waals surface area contributed by atoms with E-state index in [-0.39, 0.29) is 17.6 Å². The Bertz CT molecular complexity index is 409. The van der Waals surface area contributed by atoms with Gasteiger partial charge in [-0.05, 0) is 17.5 Å². The monoisotopic (exact) mass is 233 g/mol. The van der Waals surface area contributed by atoms with Gasteiger partial charge in [0.05, 0.1) is 6.04 Å². The van der Waals surface area contributed by atoms with E-state index in [1.165, 1.54) is 5.56 Å². The van der Waals surface area contributed by atoms with E-state index in [0.717, 1.165) is 12.0 Å². The molecule has 1 saturated heterocycles. The maximum absolute atomic E-state index is 11.3. The Kier molecular flexibility index (Phi) is 3.09. The SMILES string of the molecule is CCc1ccc([C@@H]2NC(=O)OCC2(C)C)cc1. The molecule has 0 radical (unpaired) electrons. The summed E-state index contributed by atoms with van der Waals surface area (Å²) in [6.07, 6.45) is 0.706. The number of hydrogen-bond donors (Lipinski definition) is 1. The average Bonchev–Trinajstić information content (AvgIpc) is 2.33. The summed E-state index contributed by atoms with van der Waals surface area (Å²) in [6.45, 7) is 6.80. The predicted molar refractivity (Wildman–Crippen MR) is 66.8 cm³/mol. The van der Waals surface area contributed by atoms with Gasteiger partial charge in [-0.1, -0.05) is 45.0 Å². The van der Waals surface area contributed by atoms with Crippen molar-refractivity contribution in [3.05, 3.63) is 35.4 Å². The molecule has 0 aliphatic carbocycles. The summed E-state index contributed by atoms with van der Waals surface area (Å²) in [4.78, 5) is 11.3. The molecule has 3 heteroatoms. The van der Waals surface area contributed by atoms with Gasteiger partial charge in [0.1, 0.15) is 6.61 Å². The van der Waals surface area contributed by atoms with Crippen molar-refractivity contribution in [1.29, 1.82) is 0 Å². The number of benzene rings is 1. The molecule has 1 aromatic carbocycles. The molecule has 0 spiro atoms. The van der Waals surface area contributed by atoms with Crippen LogP contribution in [0.25, 0.3) is 0 Å². The van der Waals surface area contributed by atoms with Gasteiger partial charge >= 0.3 is 6.09 Å². The molecule has 0 unspecified atom stereocenters. The van der Waals surface area contributed by atoms with E-state index in [0.29, 0.717) is 6.61 Å². The highest BCUT2D eigenvalue weighted by Gasteiger charge is 2.37. The van der Waals surface area contributed by atoms with Crippen LogP contribution < -0.4 is 5.32 Å². The molecule has 1 aromatic rings. The number of nitrogens with one attached hydrogen (secondary N) is 1. The fourth-order valence-corrected chi connectivity index (χ4v) is 2.17. The Morgan fingerprint density at radius 1 is 1.35 bits per heavy atom. The van der Waals surface area contributed by atoms with Crippen LogP contribution in [0, 0.1) is 5.41 Å². The maximum Gasteiger partial charge on any atom is 0.407 e. The molecular weight excluding hydrogens is 214 g/mol. The highest BCUT2D eigenvalue weighted by Crippen LogP contribution is 2.36.